The summed E-state index contributed by atoms with van der Waals surface area (Å²) in [6.45, 7) is 1.71. The van der Waals surface area contributed by atoms with Gasteiger partial charge in [0.1, 0.15) is 6.17 Å². The van der Waals surface area contributed by atoms with Gasteiger partial charge in [-0.05, 0) is 18.9 Å². The lowest BCUT2D eigenvalue weighted by molar-refractivity contribution is -0.117. The fraction of sp³-hybridized carbons (Fsp3) is 0.300. The fourth-order valence-electron chi connectivity index (χ4n) is 3.75. The summed E-state index contributed by atoms with van der Waals surface area (Å²) < 4.78 is 29.9. The first kappa shape index (κ1) is 18.5. The Balaban J connectivity index is 1.59. The summed E-state index contributed by atoms with van der Waals surface area (Å²) in [4.78, 5) is 22.4. The van der Waals surface area contributed by atoms with Gasteiger partial charge in [-0.1, -0.05) is 0 Å². The molecule has 3 heterocycles. The van der Waals surface area contributed by atoms with Crippen molar-refractivity contribution >= 4 is 34.0 Å². The number of hydrogen-bond donors (Lipinski definition) is 2. The van der Waals surface area contributed by atoms with Gasteiger partial charge in [0, 0.05) is 31.2 Å². The van der Waals surface area contributed by atoms with Crippen molar-refractivity contribution in [1.29, 1.82) is 0 Å². The maximum Gasteiger partial charge on any atom is 0.231 e. The summed E-state index contributed by atoms with van der Waals surface area (Å²) in [5.41, 5.74) is 3.15. The zero-order chi connectivity index (χ0) is 21.2. The molecule has 154 valence electrons. The van der Waals surface area contributed by atoms with Crippen LogP contribution in [0.15, 0.2) is 24.8 Å². The Morgan fingerprint density at radius 1 is 1.33 bits per heavy atom. The van der Waals surface area contributed by atoms with E-state index >= 15 is 4.39 Å². The summed E-state index contributed by atoms with van der Waals surface area (Å²) in [7, 11) is 3.55. The quantitative estimate of drug-likeness (QED) is 0.539. The summed E-state index contributed by atoms with van der Waals surface area (Å²) in [5, 5.41) is 10.4. The molecule has 0 aliphatic heterocycles. The molecule has 1 saturated carbocycles. The number of carbonyl (C=O) groups is 1. The van der Waals surface area contributed by atoms with Crippen LogP contribution in [0.4, 0.5) is 20.3 Å². The molecule has 2 atom stereocenters. The van der Waals surface area contributed by atoms with Crippen molar-refractivity contribution in [2.24, 2.45) is 5.92 Å². The average Bonchev–Trinajstić information content (AvgIpc) is 3.08. The Morgan fingerprint density at radius 3 is 2.80 bits per heavy atom. The number of carbonyl (C=O) groups excluding carboxylic acids is 1. The molecular weight excluding hydrogens is 392 g/mol. The van der Waals surface area contributed by atoms with Gasteiger partial charge in [-0.2, -0.15) is 5.10 Å². The number of aromatic amines is 1. The first-order valence-corrected chi connectivity index (χ1v) is 9.47. The van der Waals surface area contributed by atoms with Crippen LogP contribution in [0.3, 0.4) is 0 Å². The highest BCUT2D eigenvalue weighted by Crippen LogP contribution is 2.38. The van der Waals surface area contributed by atoms with Crippen LogP contribution >= 0.6 is 0 Å². The van der Waals surface area contributed by atoms with Crippen molar-refractivity contribution in [1.82, 2.24) is 24.6 Å². The second-order valence-corrected chi connectivity index (χ2v) is 7.73. The van der Waals surface area contributed by atoms with Crippen LogP contribution in [0.1, 0.15) is 12.0 Å². The topological polar surface area (TPSA) is 91.2 Å². The maximum absolute atomic E-state index is 15.2. The Morgan fingerprint density at radius 2 is 2.10 bits per heavy atom. The predicted molar refractivity (Wildman–Crippen MR) is 109 cm³/mol. The van der Waals surface area contributed by atoms with E-state index in [9.17, 15) is 9.18 Å². The number of anilines is 2. The zero-order valence-electron chi connectivity index (χ0n) is 16.6. The number of nitrogens with one attached hydrogen (secondary N) is 2. The van der Waals surface area contributed by atoms with Crippen molar-refractivity contribution < 1.29 is 13.6 Å². The van der Waals surface area contributed by atoms with E-state index < -0.39 is 12.1 Å². The maximum atomic E-state index is 15.2. The number of H-pyrrole nitrogens is 1. The van der Waals surface area contributed by atoms with Crippen LogP contribution in [-0.4, -0.2) is 50.7 Å². The Hall–Kier alpha value is -3.56. The number of imidazole rings is 1. The summed E-state index contributed by atoms with van der Waals surface area (Å²) in [6, 6.07) is 0. The minimum atomic E-state index is -1.07. The molecule has 0 spiro atoms. The second-order valence-electron chi connectivity index (χ2n) is 7.73. The molecule has 1 aromatic carbocycles. The number of alkyl halides is 1. The van der Waals surface area contributed by atoms with Gasteiger partial charge >= 0.3 is 0 Å². The van der Waals surface area contributed by atoms with E-state index in [1.165, 1.54) is 0 Å². The Labute approximate surface area is 169 Å². The number of fused-ring (bicyclic) bond motifs is 2. The SMILES string of the molecule is Cc1c(F)c(N(C)C)c2[nH]ncc2c1-c1cn2cc(NC(=O)[C@@H]3C[C@@H]3F)nc2cn1. The van der Waals surface area contributed by atoms with E-state index in [4.69, 9.17) is 0 Å². The van der Waals surface area contributed by atoms with Crippen LogP contribution in [0.5, 0.6) is 0 Å². The highest BCUT2D eigenvalue weighted by atomic mass is 19.1. The molecular formula is C20H19F2N7O. The molecule has 10 heteroatoms. The molecule has 0 radical (unpaired) electrons. The first-order chi connectivity index (χ1) is 14.3. The van der Waals surface area contributed by atoms with Crippen LogP contribution in [0.25, 0.3) is 27.8 Å². The highest BCUT2D eigenvalue weighted by molar-refractivity contribution is 6.02. The fourth-order valence-corrected chi connectivity index (χ4v) is 3.75. The van der Waals surface area contributed by atoms with Gasteiger partial charge in [0.2, 0.25) is 5.91 Å². The van der Waals surface area contributed by atoms with Crippen molar-refractivity contribution in [2.75, 3.05) is 24.3 Å². The summed E-state index contributed by atoms with van der Waals surface area (Å²) in [6.07, 6.45) is 5.72. The lowest BCUT2D eigenvalue weighted by atomic mass is 9.99. The van der Waals surface area contributed by atoms with Gasteiger partial charge < -0.3 is 14.6 Å². The lowest BCUT2D eigenvalue weighted by Crippen LogP contribution is -2.15. The first-order valence-electron chi connectivity index (χ1n) is 9.47. The molecule has 1 amide bonds. The van der Waals surface area contributed by atoms with E-state index in [-0.39, 0.29) is 18.1 Å². The van der Waals surface area contributed by atoms with Gasteiger partial charge in [0.15, 0.2) is 17.3 Å². The molecule has 1 fully saturated rings. The molecule has 4 aromatic rings. The number of amides is 1. The molecule has 5 rings (SSSR count). The average molecular weight is 411 g/mol. The Bertz CT molecular complexity index is 1310. The third kappa shape index (κ3) is 2.78. The number of benzene rings is 1. The molecule has 0 bridgehead atoms. The normalized spacial score (nSPS) is 18.2. The van der Waals surface area contributed by atoms with Crippen molar-refractivity contribution in [2.45, 2.75) is 19.5 Å². The van der Waals surface area contributed by atoms with E-state index in [1.807, 2.05) is 0 Å². The highest BCUT2D eigenvalue weighted by Gasteiger charge is 2.43. The lowest BCUT2D eigenvalue weighted by Gasteiger charge is -2.18. The number of hydrogen-bond acceptors (Lipinski definition) is 5. The number of nitrogens with zero attached hydrogens (tertiary/aromatic N) is 5. The van der Waals surface area contributed by atoms with Crippen LogP contribution in [-0.2, 0) is 4.79 Å². The zero-order valence-corrected chi connectivity index (χ0v) is 16.6. The molecule has 8 nitrogen and oxygen atoms in total. The summed E-state index contributed by atoms with van der Waals surface area (Å²) in [5.74, 6) is -1.01. The van der Waals surface area contributed by atoms with Gasteiger partial charge in [-0.15, -0.1) is 0 Å². The minimum Gasteiger partial charge on any atom is -0.374 e. The van der Waals surface area contributed by atoms with Gasteiger partial charge in [0.25, 0.3) is 0 Å². The van der Waals surface area contributed by atoms with E-state index in [1.54, 1.807) is 55.1 Å². The third-order valence-corrected chi connectivity index (χ3v) is 5.40. The van der Waals surface area contributed by atoms with Crippen molar-refractivity contribution in [3.05, 3.63) is 36.2 Å². The number of aromatic nitrogens is 5. The molecule has 0 saturated heterocycles. The van der Waals surface area contributed by atoms with Gasteiger partial charge in [-0.25, -0.2) is 13.8 Å². The monoisotopic (exact) mass is 411 g/mol. The second kappa shape index (κ2) is 6.48. The molecule has 2 N–H and O–H groups in total. The Kier molecular flexibility index (Phi) is 3.99. The standard InChI is InChI=1S/C20H19F2N7O/c1-9-16(11-5-24-27-18(11)19(17(9)22)28(2)3)13-7-29-8-14(25-15(29)6-23-13)26-20(30)10-4-12(10)21/h5-8,10,12H,4H2,1-3H3,(H,24,27)(H,26,30)/t10-,12+/m1/s1. The number of halogens is 2. The van der Waals surface area contributed by atoms with Crippen LogP contribution in [0, 0.1) is 18.7 Å². The van der Waals surface area contributed by atoms with Gasteiger partial charge in [0.05, 0.1) is 41.4 Å². The van der Waals surface area contributed by atoms with E-state index in [2.05, 4.69) is 25.5 Å². The molecule has 1 aliphatic carbocycles. The van der Waals surface area contributed by atoms with Crippen LogP contribution < -0.4 is 10.2 Å². The van der Waals surface area contributed by atoms with Gasteiger partial charge in [-0.3, -0.25) is 14.9 Å². The van der Waals surface area contributed by atoms with Crippen LogP contribution in [0.2, 0.25) is 0 Å². The van der Waals surface area contributed by atoms with E-state index in [0.29, 0.717) is 39.5 Å². The largest absolute Gasteiger partial charge is 0.374 e. The molecule has 0 unspecified atom stereocenters. The smallest absolute Gasteiger partial charge is 0.231 e. The van der Waals surface area contributed by atoms with E-state index in [0.717, 1.165) is 5.39 Å². The summed E-state index contributed by atoms with van der Waals surface area (Å²) >= 11 is 0. The van der Waals surface area contributed by atoms with Crippen molar-refractivity contribution in [3.8, 4) is 11.3 Å². The molecule has 1 aliphatic rings. The third-order valence-electron chi connectivity index (χ3n) is 5.40. The predicted octanol–water partition coefficient (Wildman–Crippen LogP) is 3.08. The minimum absolute atomic E-state index is 0.249. The number of rotatable bonds is 4. The molecule has 30 heavy (non-hydrogen) atoms. The van der Waals surface area contributed by atoms with Crippen molar-refractivity contribution in [3.63, 3.8) is 0 Å². The molecule has 3 aromatic heterocycles.